The normalized spacial score (nSPS) is 14.3. The fourth-order valence-corrected chi connectivity index (χ4v) is 6.63. The molecular formula is C37H37N10O+. The van der Waals surface area contributed by atoms with E-state index in [0.717, 1.165) is 82.9 Å². The number of aliphatic hydroxyl groups excluding tert-OH is 1. The molecule has 0 amide bonds. The fraction of sp³-hybridized carbons (Fsp3) is 0.243. The van der Waals surface area contributed by atoms with Crippen LogP contribution in [0.4, 0.5) is 0 Å². The number of nitrogens with zero attached hydrogens (tertiary/aromatic N) is 8. The monoisotopic (exact) mass is 637 g/mol. The number of hydrogen-bond donors (Lipinski definition) is 3. The van der Waals surface area contributed by atoms with Gasteiger partial charge in [0.2, 0.25) is 0 Å². The molecule has 6 heterocycles. The van der Waals surface area contributed by atoms with Crippen LogP contribution in [0, 0.1) is 0 Å². The summed E-state index contributed by atoms with van der Waals surface area (Å²) in [6.45, 7) is 3.99. The minimum absolute atomic E-state index is 0.0751. The zero-order valence-electron chi connectivity index (χ0n) is 26.6. The number of pyridine rings is 3. The van der Waals surface area contributed by atoms with Gasteiger partial charge in [0.15, 0.2) is 12.5 Å². The van der Waals surface area contributed by atoms with Crippen LogP contribution in [0.1, 0.15) is 30.1 Å². The predicted molar refractivity (Wildman–Crippen MR) is 184 cm³/mol. The molecule has 5 aromatic heterocycles. The van der Waals surface area contributed by atoms with Crippen molar-refractivity contribution in [3.05, 3.63) is 115 Å². The Morgan fingerprint density at radius 2 is 1.75 bits per heavy atom. The van der Waals surface area contributed by atoms with E-state index in [1.165, 1.54) is 5.56 Å². The first-order valence-corrected chi connectivity index (χ1v) is 16.5. The maximum Gasteiger partial charge on any atom is 0.275 e. The van der Waals surface area contributed by atoms with Gasteiger partial charge in [0.05, 0.1) is 29.4 Å². The van der Waals surface area contributed by atoms with Crippen LogP contribution < -0.4 is 9.72 Å². The number of H-pyrrole nitrogens is 1. The Labute approximate surface area is 278 Å². The molecule has 1 aliphatic heterocycles. The van der Waals surface area contributed by atoms with E-state index in [4.69, 9.17) is 9.97 Å². The van der Waals surface area contributed by atoms with Crippen molar-refractivity contribution in [1.29, 1.82) is 0 Å². The standard InChI is InChI=1S/C37H37N10O/c48-21-17-38-24-47-37-31-22-30(27-6-2-1-3-7-27)34(41-32(31)15-20-46(37)25-40-47)28-11-9-26(10-12-28)23-45-18-13-29(14-19-45)35-42-36(44-43-35)33-8-4-5-16-39-33/h1-12,15-16,20,22,25,29,38,48H,13-14,17-19,21,23-24H2,(H,42,43,44)/q+1. The van der Waals surface area contributed by atoms with Crippen LogP contribution in [0.5, 0.6) is 0 Å². The Balaban J connectivity index is 1.02. The molecule has 0 saturated carbocycles. The number of fused-ring (bicyclic) bond motifs is 3. The average molecular weight is 638 g/mol. The Kier molecular flexibility index (Phi) is 8.38. The molecular weight excluding hydrogens is 600 g/mol. The highest BCUT2D eigenvalue weighted by Crippen LogP contribution is 2.35. The number of piperidine rings is 1. The molecule has 0 atom stereocenters. The van der Waals surface area contributed by atoms with Gasteiger partial charge in [-0.25, -0.2) is 14.4 Å². The smallest absolute Gasteiger partial charge is 0.275 e. The molecule has 8 rings (SSSR count). The molecule has 0 radical (unpaired) electrons. The van der Waals surface area contributed by atoms with Gasteiger partial charge in [-0.2, -0.15) is 5.10 Å². The molecule has 11 nitrogen and oxygen atoms in total. The third-order valence-electron chi connectivity index (χ3n) is 9.13. The van der Waals surface area contributed by atoms with Crippen molar-refractivity contribution in [3.8, 4) is 33.9 Å². The Morgan fingerprint density at radius 1 is 0.917 bits per heavy atom. The lowest BCUT2D eigenvalue weighted by molar-refractivity contribution is -0.511. The van der Waals surface area contributed by atoms with E-state index in [9.17, 15) is 5.11 Å². The van der Waals surface area contributed by atoms with Crippen LogP contribution in [0.15, 0.2) is 104 Å². The number of aromatic amines is 1. The van der Waals surface area contributed by atoms with Crippen LogP contribution >= 0.6 is 0 Å². The van der Waals surface area contributed by atoms with Crippen molar-refractivity contribution in [3.63, 3.8) is 0 Å². The number of benzene rings is 2. The molecule has 3 N–H and O–H groups in total. The first-order valence-electron chi connectivity index (χ1n) is 16.5. The second-order valence-electron chi connectivity index (χ2n) is 12.2. The van der Waals surface area contributed by atoms with E-state index in [-0.39, 0.29) is 6.61 Å². The van der Waals surface area contributed by atoms with Gasteiger partial charge in [-0.3, -0.25) is 20.3 Å². The Bertz CT molecular complexity index is 2140. The van der Waals surface area contributed by atoms with Crippen LogP contribution in [-0.4, -0.2) is 71.2 Å². The van der Waals surface area contributed by atoms with E-state index < -0.39 is 0 Å². The van der Waals surface area contributed by atoms with Crippen LogP contribution in [-0.2, 0) is 13.2 Å². The summed E-state index contributed by atoms with van der Waals surface area (Å²) in [4.78, 5) is 16.9. The maximum absolute atomic E-state index is 9.24. The van der Waals surface area contributed by atoms with Gasteiger partial charge in [0, 0.05) is 41.4 Å². The van der Waals surface area contributed by atoms with Gasteiger partial charge >= 0.3 is 0 Å². The van der Waals surface area contributed by atoms with Crippen molar-refractivity contribution in [2.75, 3.05) is 26.2 Å². The second-order valence-corrected chi connectivity index (χ2v) is 12.2. The number of aliphatic hydroxyl groups is 1. The molecule has 0 unspecified atom stereocenters. The van der Waals surface area contributed by atoms with Gasteiger partial charge in [-0.1, -0.05) is 65.3 Å². The number of rotatable bonds is 10. The zero-order valence-corrected chi connectivity index (χ0v) is 26.6. The average Bonchev–Trinajstić information content (AvgIpc) is 3.81. The van der Waals surface area contributed by atoms with Crippen molar-refractivity contribution in [2.45, 2.75) is 32.0 Å². The lowest BCUT2D eigenvalue weighted by Crippen LogP contribution is -2.32. The molecule has 0 spiro atoms. The van der Waals surface area contributed by atoms with Gasteiger partial charge in [-0.05, 0) is 61.3 Å². The second kappa shape index (κ2) is 13.4. The van der Waals surface area contributed by atoms with Crippen molar-refractivity contribution < 1.29 is 9.51 Å². The molecule has 1 aliphatic rings. The van der Waals surface area contributed by atoms with Crippen LogP contribution in [0.25, 0.3) is 50.5 Å². The largest absolute Gasteiger partial charge is 0.395 e. The van der Waals surface area contributed by atoms with E-state index >= 15 is 0 Å². The number of aromatic nitrogens is 8. The molecule has 1 saturated heterocycles. The summed E-state index contributed by atoms with van der Waals surface area (Å²) in [5.74, 6) is 1.99. The van der Waals surface area contributed by atoms with E-state index in [2.05, 4.69) is 85.1 Å². The van der Waals surface area contributed by atoms with Crippen molar-refractivity contribution >= 4 is 16.6 Å². The lowest BCUT2D eigenvalue weighted by atomic mass is 9.95. The summed E-state index contributed by atoms with van der Waals surface area (Å²) in [6, 6.07) is 29.4. The fourth-order valence-electron chi connectivity index (χ4n) is 6.63. The van der Waals surface area contributed by atoms with Crippen LogP contribution in [0.3, 0.4) is 0 Å². The molecule has 2 aromatic carbocycles. The minimum atomic E-state index is 0.0751. The van der Waals surface area contributed by atoms with Gasteiger partial charge in [0.1, 0.15) is 11.5 Å². The summed E-state index contributed by atoms with van der Waals surface area (Å²) in [7, 11) is 0. The summed E-state index contributed by atoms with van der Waals surface area (Å²) in [5, 5.41) is 25.7. The first-order chi connectivity index (χ1) is 23.7. The Morgan fingerprint density at radius 3 is 2.54 bits per heavy atom. The summed E-state index contributed by atoms with van der Waals surface area (Å²) >= 11 is 0. The summed E-state index contributed by atoms with van der Waals surface area (Å²) < 4.78 is 3.93. The van der Waals surface area contributed by atoms with Crippen LogP contribution in [0.2, 0.25) is 0 Å². The lowest BCUT2D eigenvalue weighted by Gasteiger charge is -2.31. The SMILES string of the molecule is OCCNCn1nc[n+]2ccc3nc(-c4ccc(CN5CCC(c6nc(-c7ccccn7)n[nH]6)CC5)cc4)c(-c4ccccc4)cc3c12. The van der Waals surface area contributed by atoms with E-state index in [0.29, 0.717) is 25.0 Å². The summed E-state index contributed by atoms with van der Waals surface area (Å²) in [5.41, 5.74) is 8.14. The van der Waals surface area contributed by atoms with Gasteiger partial charge in [0.25, 0.3) is 12.0 Å². The van der Waals surface area contributed by atoms with E-state index in [1.54, 1.807) is 12.5 Å². The molecule has 240 valence electrons. The quantitative estimate of drug-likeness (QED) is 0.147. The van der Waals surface area contributed by atoms with E-state index in [1.807, 2.05) is 45.6 Å². The first kappa shape index (κ1) is 30.0. The van der Waals surface area contributed by atoms with Gasteiger partial charge < -0.3 is 5.11 Å². The third kappa shape index (κ3) is 6.06. The highest BCUT2D eigenvalue weighted by molar-refractivity contribution is 5.97. The minimum Gasteiger partial charge on any atom is -0.395 e. The number of likely N-dealkylation sites (tertiary alicyclic amines) is 1. The number of hydrogen-bond acceptors (Lipinski definition) is 8. The highest BCUT2D eigenvalue weighted by atomic mass is 16.3. The molecule has 0 aliphatic carbocycles. The highest BCUT2D eigenvalue weighted by Gasteiger charge is 2.24. The third-order valence-corrected chi connectivity index (χ3v) is 9.13. The summed E-state index contributed by atoms with van der Waals surface area (Å²) in [6.07, 6.45) is 7.66. The molecule has 11 heteroatoms. The van der Waals surface area contributed by atoms with Crippen molar-refractivity contribution in [2.24, 2.45) is 0 Å². The predicted octanol–water partition coefficient (Wildman–Crippen LogP) is 4.60. The zero-order chi connectivity index (χ0) is 32.3. The Hall–Kier alpha value is -5.36. The molecule has 0 bridgehead atoms. The molecule has 1 fully saturated rings. The topological polar surface area (TPSA) is 125 Å². The van der Waals surface area contributed by atoms with Crippen molar-refractivity contribution in [1.82, 2.24) is 45.1 Å². The molecule has 48 heavy (non-hydrogen) atoms. The molecule has 7 aromatic rings. The number of nitrogens with one attached hydrogen (secondary N) is 2. The maximum atomic E-state index is 9.24. The van der Waals surface area contributed by atoms with Gasteiger partial charge in [-0.15, -0.1) is 0 Å².